The van der Waals surface area contributed by atoms with Gasteiger partial charge in [0.15, 0.2) is 0 Å². The maximum Gasteiger partial charge on any atom is 0.407 e. The number of aromatic amines is 2. The molecule has 6 heterocycles. The van der Waals surface area contributed by atoms with E-state index in [9.17, 15) is 19.2 Å². The Hall–Kier alpha value is -6.16. The summed E-state index contributed by atoms with van der Waals surface area (Å²) in [6.45, 7) is 12.3. The third kappa shape index (κ3) is 8.25. The molecule has 3 aromatic carbocycles. The molecule has 0 radical (unpaired) electrons. The second-order valence-corrected chi connectivity index (χ2v) is 18.8. The number of benzene rings is 3. The highest BCUT2D eigenvalue weighted by molar-refractivity contribution is 6.07. The van der Waals surface area contributed by atoms with Crippen molar-refractivity contribution in [2.45, 2.75) is 135 Å². The van der Waals surface area contributed by atoms with Gasteiger partial charge in [-0.2, -0.15) is 0 Å². The highest BCUT2D eigenvalue weighted by atomic mass is 16.5. The van der Waals surface area contributed by atoms with Crippen LogP contribution in [0.15, 0.2) is 48.7 Å². The molecule has 65 heavy (non-hydrogen) atoms. The number of rotatable bonds is 9. The maximum atomic E-state index is 14.6. The number of aromatic nitrogens is 4. The van der Waals surface area contributed by atoms with Gasteiger partial charge in [-0.15, -0.1) is 0 Å². The van der Waals surface area contributed by atoms with Crippen molar-refractivity contribution in [2.75, 3.05) is 14.2 Å². The second-order valence-electron chi connectivity index (χ2n) is 18.8. The predicted molar refractivity (Wildman–Crippen MR) is 244 cm³/mol. The minimum absolute atomic E-state index is 0.0195. The molecular weight excluding hydrogens is 829 g/mol. The third-order valence-electron chi connectivity index (χ3n) is 14.1. The lowest BCUT2D eigenvalue weighted by Crippen LogP contribution is -2.55. The summed E-state index contributed by atoms with van der Waals surface area (Å²) in [4.78, 5) is 74.0. The molecule has 0 bridgehead atoms. The van der Waals surface area contributed by atoms with E-state index in [4.69, 9.17) is 28.9 Å². The SMILES string of the molecule is COC(=O)NC(C(=O)N1[C@@H](C)CC[C@H]1c1ncc(-c2ccc3c(c2)COc2cc4c(ccc5[nH]c([C@@H]6CC[C@H](C)N6C(=O)[C@@H](NC(=O)OC)C6C[C@@H](C)O[C@@H](C)C6)nc54)cc2-3)[nH]1)C(C)C. The van der Waals surface area contributed by atoms with Crippen LogP contribution in [0.1, 0.15) is 109 Å². The number of carbonyl (C=O) groups excluding carboxylic acids is 4. The van der Waals surface area contributed by atoms with E-state index >= 15 is 0 Å². The van der Waals surface area contributed by atoms with Crippen LogP contribution in [-0.4, -0.2) is 104 Å². The van der Waals surface area contributed by atoms with E-state index in [1.165, 1.54) is 14.2 Å². The molecule has 16 nitrogen and oxygen atoms in total. The first-order valence-electron chi connectivity index (χ1n) is 23.0. The summed E-state index contributed by atoms with van der Waals surface area (Å²) < 4.78 is 22.3. The molecule has 0 spiro atoms. The molecule has 9 rings (SSSR count). The lowest BCUT2D eigenvalue weighted by Gasteiger charge is -2.39. The molecule has 3 saturated heterocycles. The summed E-state index contributed by atoms with van der Waals surface area (Å²) in [5, 5.41) is 7.58. The van der Waals surface area contributed by atoms with Crippen LogP contribution in [0.25, 0.3) is 44.2 Å². The molecule has 2 aromatic heterocycles. The van der Waals surface area contributed by atoms with Gasteiger partial charge in [0.05, 0.1) is 61.4 Å². The number of imidazole rings is 2. The molecule has 4 N–H and O–H groups in total. The number of fused-ring (bicyclic) bond motifs is 6. The lowest BCUT2D eigenvalue weighted by molar-refractivity contribution is -0.140. The number of nitrogens with zero attached hydrogens (tertiary/aromatic N) is 4. The number of methoxy groups -OCH3 is 2. The van der Waals surface area contributed by atoms with Gasteiger partial charge in [0.2, 0.25) is 11.8 Å². The number of alkyl carbamates (subject to hydrolysis) is 2. The Morgan fingerprint density at radius 2 is 1.46 bits per heavy atom. The number of nitrogens with one attached hydrogen (secondary N) is 4. The van der Waals surface area contributed by atoms with Crippen molar-refractivity contribution in [1.82, 2.24) is 40.4 Å². The number of likely N-dealkylation sites (tertiary alicyclic amines) is 2. The first-order chi connectivity index (χ1) is 31.2. The van der Waals surface area contributed by atoms with Crippen LogP contribution in [0.2, 0.25) is 0 Å². The zero-order chi connectivity index (χ0) is 45.8. The number of ether oxygens (including phenoxy) is 4. The van der Waals surface area contributed by atoms with Crippen LogP contribution in [0.3, 0.4) is 0 Å². The summed E-state index contributed by atoms with van der Waals surface area (Å²) in [6, 6.07) is 12.6. The summed E-state index contributed by atoms with van der Waals surface area (Å²) in [5.74, 6) is 1.67. The molecule has 0 saturated carbocycles. The monoisotopic (exact) mass is 888 g/mol. The van der Waals surface area contributed by atoms with Crippen molar-refractivity contribution in [3.05, 3.63) is 65.9 Å². The minimum atomic E-state index is -0.755. The lowest BCUT2D eigenvalue weighted by atomic mass is 9.85. The van der Waals surface area contributed by atoms with Crippen molar-refractivity contribution < 1.29 is 38.1 Å². The quantitative estimate of drug-likeness (QED) is 0.112. The van der Waals surface area contributed by atoms with Crippen LogP contribution in [-0.2, 0) is 30.4 Å². The Morgan fingerprint density at radius 1 is 0.785 bits per heavy atom. The number of amides is 4. The summed E-state index contributed by atoms with van der Waals surface area (Å²) in [6.07, 6.45) is 4.91. The zero-order valence-corrected chi connectivity index (χ0v) is 38.4. The van der Waals surface area contributed by atoms with E-state index < -0.39 is 24.3 Å². The third-order valence-corrected chi connectivity index (χ3v) is 14.1. The first-order valence-corrected chi connectivity index (χ1v) is 23.0. The molecule has 16 heteroatoms. The van der Waals surface area contributed by atoms with Crippen molar-refractivity contribution in [2.24, 2.45) is 11.8 Å². The number of hydrogen-bond donors (Lipinski definition) is 4. The van der Waals surface area contributed by atoms with Crippen LogP contribution in [0.5, 0.6) is 5.75 Å². The predicted octanol–water partition coefficient (Wildman–Crippen LogP) is 8.08. The van der Waals surface area contributed by atoms with Gasteiger partial charge in [-0.05, 0) is 124 Å². The Morgan fingerprint density at radius 3 is 2.15 bits per heavy atom. The fraction of sp³-hybridized carbons (Fsp3) is 0.510. The van der Waals surface area contributed by atoms with E-state index in [2.05, 4.69) is 63.9 Å². The van der Waals surface area contributed by atoms with Gasteiger partial charge in [0.1, 0.15) is 36.1 Å². The molecule has 3 fully saturated rings. The topological polar surface area (TPSA) is 193 Å². The van der Waals surface area contributed by atoms with Gasteiger partial charge in [0.25, 0.3) is 0 Å². The normalized spacial score (nSPS) is 24.9. The summed E-state index contributed by atoms with van der Waals surface area (Å²) in [5.41, 5.74) is 6.57. The fourth-order valence-electron chi connectivity index (χ4n) is 10.8. The molecule has 5 aromatic rings. The average Bonchev–Trinajstić information content (AvgIpc) is 4.11. The van der Waals surface area contributed by atoms with Gasteiger partial charge < -0.3 is 49.3 Å². The standard InChI is InChI=1S/C49H60N8O8/c1-24(2)41(54-48(60)62-7)46(58)56-25(3)9-15-38(56)44-50-22-37(52-44)30-11-13-33-32(19-30)23-64-40-21-34-29(20-35(33)40)12-14-36-43(34)53-45(51-36)39-16-10-26(4)57(39)47(59)42(55-49(61)63-8)31-17-27(5)65-28(6)18-31/h11-14,19-22,24-28,31,38-39,41-42H,9-10,15-18,23H2,1-8H3,(H,50,52)(H,51,53)(H,54,60)(H,55,61)/t25-,26-,27-,28+,31?,38-,39-,41?,42-/m0/s1. The summed E-state index contributed by atoms with van der Waals surface area (Å²) in [7, 11) is 2.61. The number of carbonyl (C=O) groups is 4. The number of H-pyrrole nitrogens is 2. The van der Waals surface area contributed by atoms with E-state index in [1.54, 1.807) is 0 Å². The van der Waals surface area contributed by atoms with Gasteiger partial charge in [-0.3, -0.25) is 9.59 Å². The highest BCUT2D eigenvalue weighted by Crippen LogP contribution is 2.44. The molecule has 4 aliphatic heterocycles. The van der Waals surface area contributed by atoms with E-state index in [0.717, 1.165) is 81.2 Å². The largest absolute Gasteiger partial charge is 0.488 e. The molecule has 9 atom stereocenters. The Balaban J connectivity index is 0.965. The Labute approximate surface area is 378 Å². The van der Waals surface area contributed by atoms with E-state index in [0.29, 0.717) is 31.1 Å². The fourth-order valence-corrected chi connectivity index (χ4v) is 10.8. The Bertz CT molecular complexity index is 2630. The van der Waals surface area contributed by atoms with E-state index in [-0.39, 0.29) is 60.0 Å². The van der Waals surface area contributed by atoms with Crippen LogP contribution < -0.4 is 15.4 Å². The van der Waals surface area contributed by atoms with Gasteiger partial charge in [-0.25, -0.2) is 19.6 Å². The van der Waals surface area contributed by atoms with E-state index in [1.807, 2.05) is 56.7 Å². The average molecular weight is 889 g/mol. The molecule has 0 aliphatic carbocycles. The Kier molecular flexibility index (Phi) is 12.0. The zero-order valence-electron chi connectivity index (χ0n) is 38.4. The van der Waals surface area contributed by atoms with Crippen LogP contribution in [0.4, 0.5) is 9.59 Å². The minimum Gasteiger partial charge on any atom is -0.488 e. The van der Waals surface area contributed by atoms with Crippen molar-refractivity contribution in [1.29, 1.82) is 0 Å². The maximum absolute atomic E-state index is 14.6. The second kappa shape index (κ2) is 17.7. The van der Waals surface area contributed by atoms with Gasteiger partial charge in [0, 0.05) is 23.0 Å². The first kappa shape index (κ1) is 44.1. The van der Waals surface area contributed by atoms with Gasteiger partial charge >= 0.3 is 12.2 Å². The summed E-state index contributed by atoms with van der Waals surface area (Å²) >= 11 is 0. The molecule has 4 aliphatic rings. The molecule has 2 unspecified atom stereocenters. The van der Waals surface area contributed by atoms with Crippen molar-refractivity contribution in [3.8, 4) is 28.1 Å². The van der Waals surface area contributed by atoms with Crippen LogP contribution in [0, 0.1) is 11.8 Å². The van der Waals surface area contributed by atoms with Gasteiger partial charge in [-0.1, -0.05) is 32.0 Å². The number of hydrogen-bond acceptors (Lipinski definition) is 10. The van der Waals surface area contributed by atoms with Crippen molar-refractivity contribution in [3.63, 3.8) is 0 Å². The van der Waals surface area contributed by atoms with Crippen molar-refractivity contribution >= 4 is 45.8 Å². The molecule has 344 valence electrons. The highest BCUT2D eigenvalue weighted by Gasteiger charge is 2.45. The molecular formula is C49H60N8O8. The smallest absolute Gasteiger partial charge is 0.407 e. The van der Waals surface area contributed by atoms with Crippen LogP contribution >= 0.6 is 0 Å². The molecule has 4 amide bonds.